The van der Waals surface area contributed by atoms with Crippen LogP contribution in [-0.2, 0) is 13.1 Å². The van der Waals surface area contributed by atoms with E-state index in [1.165, 1.54) is 6.07 Å². The van der Waals surface area contributed by atoms with E-state index < -0.39 is 0 Å². The highest BCUT2D eigenvalue weighted by atomic mass is 19.1. The summed E-state index contributed by atoms with van der Waals surface area (Å²) in [6, 6.07) is 6.59. The molecule has 6 nitrogen and oxygen atoms in total. The first-order valence-corrected chi connectivity index (χ1v) is 6.16. The van der Waals surface area contributed by atoms with Crippen molar-refractivity contribution in [3.63, 3.8) is 0 Å². The minimum absolute atomic E-state index is 0.247. The Morgan fingerprint density at radius 1 is 1.30 bits per heavy atom. The van der Waals surface area contributed by atoms with Gasteiger partial charge < -0.3 is 15.2 Å². The summed E-state index contributed by atoms with van der Waals surface area (Å²) in [6.07, 6.45) is 0. The Kier molecular flexibility index (Phi) is 4.65. The van der Waals surface area contributed by atoms with Crippen LogP contribution in [0, 0.1) is 12.7 Å². The van der Waals surface area contributed by atoms with Gasteiger partial charge in [0.15, 0.2) is 11.8 Å². The van der Waals surface area contributed by atoms with Crippen molar-refractivity contribution in [1.29, 1.82) is 0 Å². The van der Waals surface area contributed by atoms with Crippen LogP contribution in [0.1, 0.15) is 17.3 Å². The Morgan fingerprint density at radius 3 is 2.70 bits per heavy atom. The molecule has 0 spiro atoms. The van der Waals surface area contributed by atoms with Gasteiger partial charge in [0, 0.05) is 19.2 Å². The van der Waals surface area contributed by atoms with E-state index in [1.54, 1.807) is 32.2 Å². The van der Waals surface area contributed by atoms with E-state index in [9.17, 15) is 4.39 Å². The zero-order valence-corrected chi connectivity index (χ0v) is 11.4. The molecule has 1 aromatic heterocycles. The molecule has 106 valence electrons. The van der Waals surface area contributed by atoms with Crippen LogP contribution in [0.4, 0.5) is 4.39 Å². The molecule has 0 saturated heterocycles. The molecule has 0 aliphatic heterocycles. The zero-order valence-electron chi connectivity index (χ0n) is 11.4. The first kappa shape index (κ1) is 14.0. The maximum Gasteiger partial charge on any atom is 0.246 e. The Morgan fingerprint density at radius 2 is 2.05 bits per heavy atom. The third-order valence-corrected chi connectivity index (χ3v) is 2.60. The molecular formula is C13H16FN5O. The number of aromatic nitrogens is 2. The fourth-order valence-corrected chi connectivity index (χ4v) is 1.61. The van der Waals surface area contributed by atoms with Crippen molar-refractivity contribution in [3.05, 3.63) is 47.4 Å². The van der Waals surface area contributed by atoms with Gasteiger partial charge in [-0.3, -0.25) is 4.99 Å². The topological polar surface area (TPSA) is 75.3 Å². The molecule has 0 aliphatic rings. The maximum absolute atomic E-state index is 13.5. The quantitative estimate of drug-likeness (QED) is 0.652. The first-order valence-electron chi connectivity index (χ1n) is 6.16. The number of benzene rings is 1. The number of hydrogen-bond acceptors (Lipinski definition) is 4. The van der Waals surface area contributed by atoms with Crippen molar-refractivity contribution in [3.8, 4) is 0 Å². The number of aliphatic imine (C=N–C) groups is 1. The predicted molar refractivity (Wildman–Crippen MR) is 72.5 cm³/mol. The standard InChI is InChI=1S/C13H16FN5O/c1-9-18-12(20-19-9)8-17-13(15-2)16-7-10-5-3-4-6-11(10)14/h3-6H,7-8H2,1-2H3,(H2,15,16,17). The number of nitrogens with one attached hydrogen (secondary N) is 2. The lowest BCUT2D eigenvalue weighted by atomic mass is 10.2. The summed E-state index contributed by atoms with van der Waals surface area (Å²) in [6.45, 7) is 2.45. The first-order chi connectivity index (χ1) is 9.69. The van der Waals surface area contributed by atoms with E-state index in [4.69, 9.17) is 4.52 Å². The van der Waals surface area contributed by atoms with Crippen LogP contribution < -0.4 is 10.6 Å². The third kappa shape index (κ3) is 3.78. The second kappa shape index (κ2) is 6.65. The van der Waals surface area contributed by atoms with E-state index in [2.05, 4.69) is 25.8 Å². The van der Waals surface area contributed by atoms with Crippen LogP contribution in [0.2, 0.25) is 0 Å². The summed E-state index contributed by atoms with van der Waals surface area (Å²) in [7, 11) is 1.63. The molecule has 0 saturated carbocycles. The predicted octanol–water partition coefficient (Wildman–Crippen LogP) is 1.38. The van der Waals surface area contributed by atoms with E-state index in [0.717, 1.165) is 0 Å². The summed E-state index contributed by atoms with van der Waals surface area (Å²) < 4.78 is 18.4. The molecule has 0 unspecified atom stereocenters. The second-order valence-electron chi connectivity index (χ2n) is 4.11. The van der Waals surface area contributed by atoms with Gasteiger partial charge in [0.25, 0.3) is 0 Å². The monoisotopic (exact) mass is 277 g/mol. The zero-order chi connectivity index (χ0) is 14.4. The minimum Gasteiger partial charge on any atom is -0.352 e. The minimum atomic E-state index is -0.247. The van der Waals surface area contributed by atoms with E-state index >= 15 is 0 Å². The van der Waals surface area contributed by atoms with Gasteiger partial charge in [0.2, 0.25) is 5.89 Å². The fraction of sp³-hybridized carbons (Fsp3) is 0.308. The van der Waals surface area contributed by atoms with Gasteiger partial charge in [-0.15, -0.1) is 0 Å². The van der Waals surface area contributed by atoms with Crippen LogP contribution >= 0.6 is 0 Å². The van der Waals surface area contributed by atoms with Crippen molar-refractivity contribution in [2.24, 2.45) is 4.99 Å². The number of guanidine groups is 1. The average Bonchev–Trinajstić information content (AvgIpc) is 2.86. The summed E-state index contributed by atoms with van der Waals surface area (Å²) in [5.74, 6) is 1.33. The van der Waals surface area contributed by atoms with E-state index in [-0.39, 0.29) is 5.82 Å². The molecule has 2 aromatic rings. The molecule has 0 amide bonds. The molecule has 0 atom stereocenters. The lowest BCUT2D eigenvalue weighted by Gasteiger charge is -2.10. The largest absolute Gasteiger partial charge is 0.352 e. The Labute approximate surface area is 116 Å². The molecule has 0 aliphatic carbocycles. The molecule has 2 N–H and O–H groups in total. The van der Waals surface area contributed by atoms with Crippen molar-refractivity contribution in [2.75, 3.05) is 7.05 Å². The molecule has 0 radical (unpaired) electrons. The molecular weight excluding hydrogens is 261 g/mol. The van der Waals surface area contributed by atoms with Gasteiger partial charge in [-0.1, -0.05) is 23.4 Å². The molecule has 2 rings (SSSR count). The van der Waals surface area contributed by atoms with Gasteiger partial charge >= 0.3 is 0 Å². The number of halogens is 1. The van der Waals surface area contributed by atoms with Crippen molar-refractivity contribution in [1.82, 2.24) is 20.8 Å². The van der Waals surface area contributed by atoms with Gasteiger partial charge in [-0.2, -0.15) is 4.98 Å². The average molecular weight is 277 g/mol. The number of rotatable bonds is 4. The second-order valence-corrected chi connectivity index (χ2v) is 4.11. The fourth-order valence-electron chi connectivity index (χ4n) is 1.61. The normalized spacial score (nSPS) is 11.4. The van der Waals surface area contributed by atoms with Crippen LogP contribution in [0.15, 0.2) is 33.8 Å². The molecule has 0 fully saturated rings. The molecule has 0 bridgehead atoms. The Bertz CT molecular complexity index is 596. The van der Waals surface area contributed by atoms with Crippen LogP contribution in [-0.4, -0.2) is 23.1 Å². The summed E-state index contributed by atoms with van der Waals surface area (Å²) in [5, 5.41) is 9.71. The summed E-state index contributed by atoms with van der Waals surface area (Å²) in [5.41, 5.74) is 0.573. The smallest absolute Gasteiger partial charge is 0.246 e. The van der Waals surface area contributed by atoms with Crippen LogP contribution in [0.5, 0.6) is 0 Å². The van der Waals surface area contributed by atoms with Gasteiger partial charge in [0.05, 0.1) is 6.54 Å². The maximum atomic E-state index is 13.5. The summed E-state index contributed by atoms with van der Waals surface area (Å²) >= 11 is 0. The number of aryl methyl sites for hydroxylation is 1. The Hall–Kier alpha value is -2.44. The van der Waals surface area contributed by atoms with Crippen LogP contribution in [0.3, 0.4) is 0 Å². The highest BCUT2D eigenvalue weighted by molar-refractivity contribution is 5.79. The van der Waals surface area contributed by atoms with Crippen molar-refractivity contribution in [2.45, 2.75) is 20.0 Å². The van der Waals surface area contributed by atoms with Crippen molar-refractivity contribution >= 4 is 5.96 Å². The highest BCUT2D eigenvalue weighted by Gasteiger charge is 2.05. The SMILES string of the molecule is CN=C(NCc1nc(C)no1)NCc1ccccc1F. The molecule has 1 aromatic carbocycles. The lowest BCUT2D eigenvalue weighted by Crippen LogP contribution is -2.36. The van der Waals surface area contributed by atoms with Crippen LogP contribution in [0.25, 0.3) is 0 Å². The van der Waals surface area contributed by atoms with Gasteiger partial charge in [-0.25, -0.2) is 4.39 Å². The van der Waals surface area contributed by atoms with E-state index in [0.29, 0.717) is 36.3 Å². The molecule has 7 heteroatoms. The molecule has 20 heavy (non-hydrogen) atoms. The third-order valence-electron chi connectivity index (χ3n) is 2.60. The van der Waals surface area contributed by atoms with Crippen molar-refractivity contribution < 1.29 is 8.91 Å². The summed E-state index contributed by atoms with van der Waals surface area (Å²) in [4.78, 5) is 8.10. The van der Waals surface area contributed by atoms with Gasteiger partial charge in [-0.05, 0) is 13.0 Å². The van der Waals surface area contributed by atoms with E-state index in [1.807, 2.05) is 0 Å². The lowest BCUT2D eigenvalue weighted by molar-refractivity contribution is 0.371. The number of nitrogens with zero attached hydrogens (tertiary/aromatic N) is 3. The Balaban J connectivity index is 1.85. The molecule has 1 heterocycles. The van der Waals surface area contributed by atoms with Gasteiger partial charge in [0.1, 0.15) is 5.82 Å². The number of hydrogen-bond donors (Lipinski definition) is 2. The highest BCUT2D eigenvalue weighted by Crippen LogP contribution is 2.05.